The Kier molecular flexibility index (Phi) is 3.71. The van der Waals surface area contributed by atoms with Gasteiger partial charge in [-0.3, -0.25) is 4.79 Å². The van der Waals surface area contributed by atoms with Gasteiger partial charge < -0.3 is 0 Å². The molecule has 2 aromatic carbocycles. The van der Waals surface area contributed by atoms with Crippen LogP contribution in [-0.4, -0.2) is 5.78 Å². The predicted octanol–water partition coefficient (Wildman–Crippen LogP) is 4.43. The molecule has 0 saturated carbocycles. The third kappa shape index (κ3) is 2.48. The maximum Gasteiger partial charge on any atom is 0.198 e. The Balaban J connectivity index is 2.64. The summed E-state index contributed by atoms with van der Waals surface area (Å²) in [6.07, 6.45) is 0. The average molecular weight is 274 g/mol. The van der Waals surface area contributed by atoms with Crippen molar-refractivity contribution in [3.63, 3.8) is 0 Å². The molecule has 0 bridgehead atoms. The van der Waals surface area contributed by atoms with Crippen LogP contribution in [0.15, 0.2) is 24.3 Å². The van der Waals surface area contributed by atoms with Crippen LogP contribution >= 0.6 is 0 Å². The van der Waals surface area contributed by atoms with Crippen LogP contribution in [0.2, 0.25) is 0 Å². The fourth-order valence-electron chi connectivity index (χ4n) is 2.38. The van der Waals surface area contributed by atoms with Crippen LogP contribution in [0.25, 0.3) is 0 Å². The van der Waals surface area contributed by atoms with Crippen molar-refractivity contribution < 1.29 is 13.6 Å². The highest BCUT2D eigenvalue weighted by Crippen LogP contribution is 2.22. The van der Waals surface area contributed by atoms with Gasteiger partial charge in [0.15, 0.2) is 5.78 Å². The van der Waals surface area contributed by atoms with E-state index in [1.165, 1.54) is 12.1 Å². The second kappa shape index (κ2) is 5.16. The number of hydrogen-bond acceptors (Lipinski definition) is 1. The molecular formula is C17H16F2O. The zero-order valence-corrected chi connectivity index (χ0v) is 12.0. The lowest BCUT2D eigenvalue weighted by Crippen LogP contribution is -2.10. The molecule has 2 rings (SSSR count). The maximum atomic E-state index is 14.1. The molecule has 2 aromatic rings. The summed E-state index contributed by atoms with van der Waals surface area (Å²) in [6.45, 7) is 6.75. The van der Waals surface area contributed by atoms with Gasteiger partial charge in [0.05, 0.1) is 11.1 Å². The van der Waals surface area contributed by atoms with E-state index in [1.54, 1.807) is 39.8 Å². The van der Waals surface area contributed by atoms with Gasteiger partial charge in [-0.15, -0.1) is 0 Å². The van der Waals surface area contributed by atoms with Crippen LogP contribution in [0.1, 0.15) is 38.2 Å². The fraction of sp³-hybridized carbons (Fsp3) is 0.235. The van der Waals surface area contributed by atoms with E-state index in [1.807, 2.05) is 0 Å². The molecule has 0 fully saturated rings. The van der Waals surface area contributed by atoms with E-state index in [2.05, 4.69) is 0 Å². The molecule has 0 aliphatic carbocycles. The quantitative estimate of drug-likeness (QED) is 0.740. The summed E-state index contributed by atoms with van der Waals surface area (Å²) in [5.74, 6) is -1.78. The molecule has 0 N–H and O–H groups in total. The molecule has 1 nitrogen and oxygen atoms in total. The molecule has 0 saturated heterocycles. The standard InChI is InChI=1S/C17H16F2O/c1-9-5-11(3)15(18)13(7-9)17(20)14-8-10(2)6-12(4)16(14)19/h5-8H,1-4H3. The second-order valence-corrected chi connectivity index (χ2v) is 5.22. The molecule has 104 valence electrons. The van der Waals surface area contributed by atoms with Gasteiger partial charge in [-0.25, -0.2) is 8.78 Å². The number of carbonyl (C=O) groups is 1. The number of benzene rings is 2. The minimum atomic E-state index is -0.612. The average Bonchev–Trinajstić information content (AvgIpc) is 2.37. The highest BCUT2D eigenvalue weighted by molar-refractivity contribution is 6.09. The first-order valence-electron chi connectivity index (χ1n) is 6.39. The van der Waals surface area contributed by atoms with E-state index in [4.69, 9.17) is 0 Å². The summed E-state index contributed by atoms with van der Waals surface area (Å²) in [5, 5.41) is 0. The molecule has 20 heavy (non-hydrogen) atoms. The zero-order chi connectivity index (χ0) is 15.0. The molecule has 0 aromatic heterocycles. The molecule has 3 heteroatoms. The molecule has 0 radical (unpaired) electrons. The van der Waals surface area contributed by atoms with Crippen LogP contribution in [-0.2, 0) is 0 Å². The minimum absolute atomic E-state index is 0.0774. The van der Waals surface area contributed by atoms with E-state index >= 15 is 0 Å². The highest BCUT2D eigenvalue weighted by Gasteiger charge is 2.20. The smallest absolute Gasteiger partial charge is 0.198 e. The van der Waals surface area contributed by atoms with Gasteiger partial charge >= 0.3 is 0 Å². The largest absolute Gasteiger partial charge is 0.288 e. The first-order valence-corrected chi connectivity index (χ1v) is 6.39. The summed E-state index contributed by atoms with van der Waals surface area (Å²) in [6, 6.07) is 6.23. The second-order valence-electron chi connectivity index (χ2n) is 5.22. The zero-order valence-electron chi connectivity index (χ0n) is 12.0. The molecule has 0 atom stereocenters. The van der Waals surface area contributed by atoms with Crippen molar-refractivity contribution in [2.24, 2.45) is 0 Å². The van der Waals surface area contributed by atoms with Gasteiger partial charge in [0.1, 0.15) is 11.6 Å². The topological polar surface area (TPSA) is 17.1 Å². The summed E-state index contributed by atoms with van der Waals surface area (Å²) in [4.78, 5) is 12.4. The number of halogens is 2. The fourth-order valence-corrected chi connectivity index (χ4v) is 2.38. The van der Waals surface area contributed by atoms with Gasteiger partial charge in [-0.2, -0.15) is 0 Å². The summed E-state index contributed by atoms with van der Waals surface area (Å²) >= 11 is 0. The third-order valence-electron chi connectivity index (χ3n) is 3.29. The van der Waals surface area contributed by atoms with Gasteiger partial charge in [-0.05, 0) is 62.1 Å². The van der Waals surface area contributed by atoms with Crippen LogP contribution in [0.5, 0.6) is 0 Å². The Hall–Kier alpha value is -2.03. The Morgan fingerprint density at radius 2 is 1.10 bits per heavy atom. The Bertz CT molecular complexity index is 643. The van der Waals surface area contributed by atoms with Crippen LogP contribution in [0, 0.1) is 39.3 Å². The van der Waals surface area contributed by atoms with Crippen molar-refractivity contribution in [1.29, 1.82) is 0 Å². The molecule has 0 aliphatic rings. The SMILES string of the molecule is Cc1cc(C)c(F)c(C(=O)c2cc(C)cc(C)c2F)c1. The lowest BCUT2D eigenvalue weighted by molar-refractivity contribution is 0.103. The van der Waals surface area contributed by atoms with Crippen molar-refractivity contribution in [3.8, 4) is 0 Å². The van der Waals surface area contributed by atoms with Crippen LogP contribution in [0.4, 0.5) is 8.78 Å². The lowest BCUT2D eigenvalue weighted by Gasteiger charge is -2.10. The number of carbonyl (C=O) groups excluding carboxylic acids is 1. The lowest BCUT2D eigenvalue weighted by atomic mass is 9.96. The summed E-state index contributed by atoms with van der Waals surface area (Å²) in [5.41, 5.74) is 2.17. The van der Waals surface area contributed by atoms with Crippen LogP contribution in [0.3, 0.4) is 0 Å². The van der Waals surface area contributed by atoms with Crippen molar-refractivity contribution in [3.05, 3.63) is 69.3 Å². The normalized spacial score (nSPS) is 10.7. The van der Waals surface area contributed by atoms with Gasteiger partial charge in [0, 0.05) is 0 Å². The van der Waals surface area contributed by atoms with E-state index in [-0.39, 0.29) is 11.1 Å². The van der Waals surface area contributed by atoms with Gasteiger partial charge in [0.25, 0.3) is 0 Å². The molecule has 0 unspecified atom stereocenters. The summed E-state index contributed by atoms with van der Waals surface area (Å²) < 4.78 is 28.2. The number of aryl methyl sites for hydroxylation is 4. The highest BCUT2D eigenvalue weighted by atomic mass is 19.1. The first-order chi connectivity index (χ1) is 9.31. The molecular weight excluding hydrogens is 258 g/mol. The van der Waals surface area contributed by atoms with Crippen molar-refractivity contribution in [2.75, 3.05) is 0 Å². The first kappa shape index (κ1) is 14.4. The molecule has 0 heterocycles. The number of ketones is 1. The molecule has 0 spiro atoms. The third-order valence-corrected chi connectivity index (χ3v) is 3.29. The van der Waals surface area contributed by atoms with Crippen LogP contribution < -0.4 is 0 Å². The summed E-state index contributed by atoms with van der Waals surface area (Å²) in [7, 11) is 0. The maximum absolute atomic E-state index is 14.1. The van der Waals surface area contributed by atoms with E-state index < -0.39 is 17.4 Å². The van der Waals surface area contributed by atoms with E-state index in [0.29, 0.717) is 11.1 Å². The molecule has 0 aliphatic heterocycles. The van der Waals surface area contributed by atoms with Crippen molar-refractivity contribution >= 4 is 5.78 Å². The van der Waals surface area contributed by atoms with E-state index in [9.17, 15) is 13.6 Å². The Labute approximate surface area is 117 Å². The predicted molar refractivity (Wildman–Crippen MR) is 75.2 cm³/mol. The molecule has 0 amide bonds. The van der Waals surface area contributed by atoms with Crippen molar-refractivity contribution in [1.82, 2.24) is 0 Å². The van der Waals surface area contributed by atoms with E-state index in [0.717, 1.165) is 11.1 Å². The van der Waals surface area contributed by atoms with Gasteiger partial charge in [0.2, 0.25) is 0 Å². The van der Waals surface area contributed by atoms with Gasteiger partial charge in [-0.1, -0.05) is 12.1 Å². The van der Waals surface area contributed by atoms with Crippen molar-refractivity contribution in [2.45, 2.75) is 27.7 Å². The number of rotatable bonds is 2. The number of hydrogen-bond donors (Lipinski definition) is 0. The monoisotopic (exact) mass is 274 g/mol. The Morgan fingerprint density at radius 1 is 0.750 bits per heavy atom. The minimum Gasteiger partial charge on any atom is -0.288 e. The Morgan fingerprint density at radius 3 is 1.45 bits per heavy atom.